The molecule has 0 saturated heterocycles. The van der Waals surface area contributed by atoms with E-state index in [1.54, 1.807) is 12.1 Å². The molecule has 0 spiro atoms. The van der Waals surface area contributed by atoms with Gasteiger partial charge in [0.1, 0.15) is 30.4 Å². The molecule has 1 aliphatic heterocycles. The average Bonchev–Trinajstić information content (AvgIpc) is 3.29. The molecule has 2 atom stereocenters. The van der Waals surface area contributed by atoms with Crippen LogP contribution in [0.15, 0.2) is 78.0 Å². The molecule has 5 nitrogen and oxygen atoms in total. The van der Waals surface area contributed by atoms with E-state index in [-0.39, 0.29) is 18.5 Å². The van der Waals surface area contributed by atoms with Gasteiger partial charge in [0.2, 0.25) is 0 Å². The van der Waals surface area contributed by atoms with Crippen molar-refractivity contribution < 1.29 is 19.1 Å². The normalized spacial score (nSPS) is 16.3. The topological polar surface area (TPSA) is 54.3 Å². The molecular formula is C27H28ClFN2O3. The Bertz CT molecular complexity index is 1120. The molecule has 1 N–H and O–H groups in total. The summed E-state index contributed by atoms with van der Waals surface area (Å²) in [5.41, 5.74) is 3.61. The van der Waals surface area contributed by atoms with E-state index < -0.39 is 6.10 Å². The zero-order valence-corrected chi connectivity index (χ0v) is 19.8. The van der Waals surface area contributed by atoms with Gasteiger partial charge in [-0.1, -0.05) is 65.3 Å². The van der Waals surface area contributed by atoms with Crippen molar-refractivity contribution in [1.29, 1.82) is 0 Å². The summed E-state index contributed by atoms with van der Waals surface area (Å²) in [4.78, 5) is 7.78. The van der Waals surface area contributed by atoms with Gasteiger partial charge >= 0.3 is 0 Å². The largest absolute Gasteiger partial charge is 0.491 e. The third-order valence-electron chi connectivity index (χ3n) is 5.72. The lowest BCUT2D eigenvalue weighted by molar-refractivity contribution is 0.0212. The molecule has 3 aromatic carbocycles. The number of oxime groups is 1. The maximum atomic E-state index is 13.3. The number of aryl methyl sites for hydroxylation is 1. The molecular weight excluding hydrogens is 455 g/mol. The molecule has 4 rings (SSSR count). The van der Waals surface area contributed by atoms with E-state index in [4.69, 9.17) is 21.2 Å². The Morgan fingerprint density at radius 3 is 2.62 bits per heavy atom. The number of ether oxygens (including phenoxy) is 1. The standard InChI is InChI=1S/C27H28ClFN2O3/c1-19-6-2-5-9-27(19)33-18-23(32)16-31(15-21-7-3-4-8-25(21)28)17-24-14-26(30-34-24)20-10-12-22(29)13-11-20/h2-13,23-24,32H,14-18H2,1H3/t23-,24-/m1/s1. The first kappa shape index (κ1) is 24.2. The van der Waals surface area contributed by atoms with Gasteiger partial charge in [0.05, 0.1) is 5.71 Å². The van der Waals surface area contributed by atoms with Crippen LogP contribution in [0.1, 0.15) is 23.1 Å². The van der Waals surface area contributed by atoms with E-state index in [9.17, 15) is 9.50 Å². The average molecular weight is 483 g/mol. The van der Waals surface area contributed by atoms with Crippen LogP contribution in [-0.2, 0) is 11.4 Å². The van der Waals surface area contributed by atoms with Gasteiger partial charge in [-0.2, -0.15) is 0 Å². The molecule has 0 fully saturated rings. The number of hydrogen-bond donors (Lipinski definition) is 1. The van der Waals surface area contributed by atoms with Gasteiger partial charge in [0.25, 0.3) is 0 Å². The third kappa shape index (κ3) is 6.56. The summed E-state index contributed by atoms with van der Waals surface area (Å²) in [6.07, 6.45) is -0.298. The summed E-state index contributed by atoms with van der Waals surface area (Å²) in [6, 6.07) is 21.6. The zero-order chi connectivity index (χ0) is 23.9. The van der Waals surface area contributed by atoms with Crippen LogP contribution >= 0.6 is 11.6 Å². The molecule has 34 heavy (non-hydrogen) atoms. The lowest BCUT2D eigenvalue weighted by Gasteiger charge is -2.27. The Kier molecular flexibility index (Phi) is 8.16. The van der Waals surface area contributed by atoms with Gasteiger partial charge in [-0.3, -0.25) is 4.90 Å². The number of rotatable bonds is 10. The predicted octanol–water partition coefficient (Wildman–Crippen LogP) is 5.22. The van der Waals surface area contributed by atoms with Crippen LogP contribution < -0.4 is 4.74 Å². The minimum absolute atomic E-state index is 0.173. The van der Waals surface area contributed by atoms with Crippen molar-refractivity contribution in [2.75, 3.05) is 19.7 Å². The number of benzene rings is 3. The van der Waals surface area contributed by atoms with Crippen molar-refractivity contribution in [1.82, 2.24) is 4.90 Å². The van der Waals surface area contributed by atoms with E-state index >= 15 is 0 Å². The summed E-state index contributed by atoms with van der Waals surface area (Å²) >= 11 is 6.40. The Morgan fingerprint density at radius 1 is 1.12 bits per heavy atom. The zero-order valence-electron chi connectivity index (χ0n) is 19.0. The van der Waals surface area contributed by atoms with E-state index in [1.807, 2.05) is 55.5 Å². The fourth-order valence-corrected chi connectivity index (χ4v) is 4.15. The quantitative estimate of drug-likeness (QED) is 0.430. The van der Waals surface area contributed by atoms with Gasteiger partial charge in [0.15, 0.2) is 0 Å². The first-order chi connectivity index (χ1) is 16.5. The molecule has 178 valence electrons. The predicted molar refractivity (Wildman–Crippen MR) is 132 cm³/mol. The summed E-state index contributed by atoms with van der Waals surface area (Å²) in [5.74, 6) is 0.475. The number of aliphatic hydroxyl groups excluding tert-OH is 1. The summed E-state index contributed by atoms with van der Waals surface area (Å²) in [5, 5.41) is 15.6. The molecule has 0 bridgehead atoms. The Hall–Kier alpha value is -2.93. The van der Waals surface area contributed by atoms with Crippen LogP contribution in [0.5, 0.6) is 5.75 Å². The van der Waals surface area contributed by atoms with Gasteiger partial charge in [-0.05, 0) is 47.9 Å². The third-order valence-corrected chi connectivity index (χ3v) is 6.09. The molecule has 0 amide bonds. The molecule has 1 aliphatic rings. The summed E-state index contributed by atoms with van der Waals surface area (Å²) in [6.45, 7) is 3.62. The number of nitrogens with zero attached hydrogens (tertiary/aromatic N) is 2. The van der Waals surface area contributed by atoms with Crippen molar-refractivity contribution in [3.05, 3.63) is 100 Å². The minimum atomic E-state index is -0.707. The maximum Gasteiger partial charge on any atom is 0.145 e. The molecule has 0 aromatic heterocycles. The molecule has 0 saturated carbocycles. The SMILES string of the molecule is Cc1ccccc1OC[C@H](O)CN(Cc1ccccc1Cl)C[C@H]1CC(c2ccc(F)cc2)=NO1. The fraction of sp³-hybridized carbons (Fsp3) is 0.296. The van der Waals surface area contributed by atoms with Crippen molar-refractivity contribution >= 4 is 17.3 Å². The molecule has 3 aromatic rings. The van der Waals surface area contributed by atoms with Gasteiger partial charge < -0.3 is 14.7 Å². The van der Waals surface area contributed by atoms with E-state index in [1.165, 1.54) is 12.1 Å². The number of para-hydroxylation sites is 1. The monoisotopic (exact) mass is 482 g/mol. The summed E-state index contributed by atoms with van der Waals surface area (Å²) in [7, 11) is 0. The molecule has 7 heteroatoms. The molecule has 0 radical (unpaired) electrons. The highest BCUT2D eigenvalue weighted by Crippen LogP contribution is 2.22. The van der Waals surface area contributed by atoms with Crippen LogP contribution in [-0.4, -0.2) is 47.6 Å². The van der Waals surface area contributed by atoms with Crippen LogP contribution in [0.4, 0.5) is 4.39 Å². The van der Waals surface area contributed by atoms with Crippen LogP contribution in [0, 0.1) is 12.7 Å². The van der Waals surface area contributed by atoms with E-state index in [0.717, 1.165) is 28.2 Å². The second kappa shape index (κ2) is 11.5. The van der Waals surface area contributed by atoms with E-state index in [2.05, 4.69) is 10.1 Å². The van der Waals surface area contributed by atoms with Crippen molar-refractivity contribution in [2.24, 2.45) is 5.16 Å². The lowest BCUT2D eigenvalue weighted by Crippen LogP contribution is -2.39. The smallest absolute Gasteiger partial charge is 0.145 e. The first-order valence-corrected chi connectivity index (χ1v) is 11.7. The molecule has 1 heterocycles. The first-order valence-electron chi connectivity index (χ1n) is 11.3. The van der Waals surface area contributed by atoms with E-state index in [0.29, 0.717) is 31.1 Å². The Labute approximate surface area is 204 Å². The highest BCUT2D eigenvalue weighted by Gasteiger charge is 2.26. The van der Waals surface area contributed by atoms with Crippen LogP contribution in [0.2, 0.25) is 5.02 Å². The van der Waals surface area contributed by atoms with Gasteiger partial charge in [-0.25, -0.2) is 4.39 Å². The lowest BCUT2D eigenvalue weighted by atomic mass is 10.0. The molecule has 0 unspecified atom stereocenters. The minimum Gasteiger partial charge on any atom is -0.491 e. The maximum absolute atomic E-state index is 13.3. The Morgan fingerprint density at radius 2 is 1.85 bits per heavy atom. The van der Waals surface area contributed by atoms with Crippen LogP contribution in [0.3, 0.4) is 0 Å². The number of halogens is 2. The van der Waals surface area contributed by atoms with Crippen LogP contribution in [0.25, 0.3) is 0 Å². The highest BCUT2D eigenvalue weighted by atomic mass is 35.5. The Balaban J connectivity index is 1.39. The fourth-order valence-electron chi connectivity index (χ4n) is 3.95. The second-order valence-corrected chi connectivity index (χ2v) is 8.90. The molecule has 0 aliphatic carbocycles. The van der Waals surface area contributed by atoms with Gasteiger partial charge in [0, 0.05) is 31.1 Å². The van der Waals surface area contributed by atoms with Crippen molar-refractivity contribution in [2.45, 2.75) is 32.1 Å². The number of aliphatic hydroxyl groups is 1. The highest BCUT2D eigenvalue weighted by molar-refractivity contribution is 6.31. The van der Waals surface area contributed by atoms with Gasteiger partial charge in [-0.15, -0.1) is 0 Å². The van der Waals surface area contributed by atoms with Crippen molar-refractivity contribution in [3.63, 3.8) is 0 Å². The second-order valence-electron chi connectivity index (χ2n) is 8.49. The number of hydrogen-bond acceptors (Lipinski definition) is 5. The summed E-state index contributed by atoms with van der Waals surface area (Å²) < 4.78 is 19.1. The van der Waals surface area contributed by atoms with Crippen molar-refractivity contribution in [3.8, 4) is 5.75 Å².